The monoisotopic (exact) mass is 497 g/mol. The fourth-order valence-electron chi connectivity index (χ4n) is 4.05. The van der Waals surface area contributed by atoms with Crippen LogP contribution >= 0.6 is 11.6 Å². The summed E-state index contributed by atoms with van der Waals surface area (Å²) in [5.74, 6) is -0.500. The number of nitrogens with zero attached hydrogens (tertiary/aromatic N) is 2. The molecule has 36 heavy (non-hydrogen) atoms. The summed E-state index contributed by atoms with van der Waals surface area (Å²) in [5.41, 5.74) is 0.857. The first-order valence-electron chi connectivity index (χ1n) is 11.1. The minimum absolute atomic E-state index is 0.0518. The number of hydrogen-bond donors (Lipinski definition) is 1. The van der Waals surface area contributed by atoms with Gasteiger partial charge in [0, 0.05) is 34.7 Å². The van der Waals surface area contributed by atoms with Gasteiger partial charge in [-0.15, -0.1) is 0 Å². The molecule has 3 aromatic carbocycles. The van der Waals surface area contributed by atoms with Crippen molar-refractivity contribution in [1.29, 1.82) is 0 Å². The highest BCUT2D eigenvalue weighted by Gasteiger charge is 2.19. The van der Waals surface area contributed by atoms with Crippen molar-refractivity contribution in [2.45, 2.75) is 6.54 Å². The molecule has 0 unspecified atom stereocenters. The maximum atomic E-state index is 13.5. The van der Waals surface area contributed by atoms with Gasteiger partial charge in [-0.05, 0) is 41.1 Å². The molecule has 0 bridgehead atoms. The molecule has 2 heterocycles. The summed E-state index contributed by atoms with van der Waals surface area (Å²) in [5, 5.41) is 5.43. The van der Waals surface area contributed by atoms with E-state index < -0.39 is 11.2 Å². The van der Waals surface area contributed by atoms with Gasteiger partial charge < -0.3 is 14.6 Å². The van der Waals surface area contributed by atoms with Crippen LogP contribution in [0.5, 0.6) is 5.88 Å². The van der Waals surface area contributed by atoms with Crippen molar-refractivity contribution < 1.29 is 14.3 Å². The number of ether oxygens (including phenoxy) is 1. The van der Waals surface area contributed by atoms with Gasteiger partial charge in [0.15, 0.2) is 5.78 Å². The van der Waals surface area contributed by atoms with E-state index in [0.717, 1.165) is 10.8 Å². The van der Waals surface area contributed by atoms with E-state index in [1.807, 2.05) is 30.3 Å². The second kappa shape index (κ2) is 9.64. The van der Waals surface area contributed by atoms with Crippen molar-refractivity contribution in [2.24, 2.45) is 0 Å². The molecule has 178 valence electrons. The summed E-state index contributed by atoms with van der Waals surface area (Å²) in [4.78, 5) is 43.8. The number of methoxy groups -OCH3 is 1. The molecule has 0 aliphatic carbocycles. The highest BCUT2D eigenvalue weighted by molar-refractivity contribution is 6.30. The molecule has 5 rings (SSSR count). The molecule has 0 saturated carbocycles. The van der Waals surface area contributed by atoms with Crippen LogP contribution in [0, 0.1) is 0 Å². The van der Waals surface area contributed by atoms with Gasteiger partial charge in [0.2, 0.25) is 17.2 Å². The van der Waals surface area contributed by atoms with Crippen molar-refractivity contribution >= 4 is 50.7 Å². The van der Waals surface area contributed by atoms with Crippen molar-refractivity contribution in [3.05, 3.63) is 112 Å². The lowest BCUT2D eigenvalue weighted by Crippen LogP contribution is -2.24. The Balaban J connectivity index is 1.57. The Hall–Kier alpha value is -4.49. The number of pyridine rings is 2. The van der Waals surface area contributed by atoms with Crippen LogP contribution in [0.2, 0.25) is 5.02 Å². The lowest BCUT2D eigenvalue weighted by atomic mass is 9.99. The third-order valence-electron chi connectivity index (χ3n) is 5.85. The van der Waals surface area contributed by atoms with E-state index in [-0.39, 0.29) is 29.3 Å². The molecule has 7 nitrogen and oxygen atoms in total. The summed E-state index contributed by atoms with van der Waals surface area (Å²) in [6.07, 6.45) is 2.78. The zero-order chi connectivity index (χ0) is 25.2. The van der Waals surface area contributed by atoms with E-state index >= 15 is 0 Å². The Morgan fingerprint density at radius 3 is 2.50 bits per heavy atom. The van der Waals surface area contributed by atoms with E-state index in [1.165, 1.54) is 19.5 Å². The molecule has 0 fully saturated rings. The SMILES string of the molecule is COc1cc2c(cn1)c(=O)c(C(=O)c1ccc3ccccc3c1)cn2CC(=O)Nc1ccc(Cl)cc1. The second-order valence-electron chi connectivity index (χ2n) is 8.19. The normalized spacial score (nSPS) is 10.9. The second-order valence-corrected chi connectivity index (χ2v) is 8.63. The first-order chi connectivity index (χ1) is 17.4. The smallest absolute Gasteiger partial charge is 0.244 e. The third-order valence-corrected chi connectivity index (χ3v) is 6.10. The lowest BCUT2D eigenvalue weighted by molar-refractivity contribution is -0.116. The van der Waals surface area contributed by atoms with Crippen LogP contribution in [0.3, 0.4) is 0 Å². The van der Waals surface area contributed by atoms with Gasteiger partial charge in [0.05, 0.1) is 23.6 Å². The molecule has 0 aliphatic heterocycles. The van der Waals surface area contributed by atoms with Crippen LogP contribution in [0.1, 0.15) is 15.9 Å². The van der Waals surface area contributed by atoms with Gasteiger partial charge in [-0.1, -0.05) is 48.0 Å². The minimum atomic E-state index is -0.465. The van der Waals surface area contributed by atoms with Crippen molar-refractivity contribution in [1.82, 2.24) is 9.55 Å². The fraction of sp³-hybridized carbons (Fsp3) is 0.0714. The summed E-state index contributed by atoms with van der Waals surface area (Å²) >= 11 is 5.92. The number of anilines is 1. The highest BCUT2D eigenvalue weighted by Crippen LogP contribution is 2.21. The van der Waals surface area contributed by atoms with Gasteiger partial charge in [-0.25, -0.2) is 4.98 Å². The van der Waals surface area contributed by atoms with Crippen LogP contribution < -0.4 is 15.5 Å². The highest BCUT2D eigenvalue weighted by atomic mass is 35.5. The number of ketones is 1. The zero-order valence-corrected chi connectivity index (χ0v) is 20.0. The number of carbonyl (C=O) groups is 2. The topological polar surface area (TPSA) is 90.3 Å². The van der Waals surface area contributed by atoms with Gasteiger partial charge in [0.1, 0.15) is 6.54 Å². The van der Waals surface area contributed by atoms with Gasteiger partial charge >= 0.3 is 0 Å². The number of nitrogens with one attached hydrogen (secondary N) is 1. The Morgan fingerprint density at radius 1 is 1.00 bits per heavy atom. The number of amides is 1. The number of rotatable bonds is 6. The Kier molecular flexibility index (Phi) is 6.23. The third kappa shape index (κ3) is 4.56. The molecule has 0 aliphatic rings. The van der Waals surface area contributed by atoms with E-state index in [4.69, 9.17) is 16.3 Å². The maximum Gasteiger partial charge on any atom is 0.244 e. The van der Waals surface area contributed by atoms with E-state index in [1.54, 1.807) is 47.0 Å². The molecule has 8 heteroatoms. The summed E-state index contributed by atoms with van der Waals surface area (Å²) in [6.45, 7) is -0.148. The average Bonchev–Trinajstić information content (AvgIpc) is 2.90. The number of hydrogen-bond acceptors (Lipinski definition) is 5. The predicted octanol–water partition coefficient (Wildman–Crippen LogP) is 5.08. The first kappa shape index (κ1) is 23.3. The summed E-state index contributed by atoms with van der Waals surface area (Å²) in [7, 11) is 1.46. The number of benzene rings is 3. The van der Waals surface area contributed by atoms with E-state index in [9.17, 15) is 14.4 Å². The number of halogens is 1. The van der Waals surface area contributed by atoms with Crippen LogP contribution in [0.15, 0.2) is 90.0 Å². The molecule has 2 aromatic heterocycles. The maximum absolute atomic E-state index is 13.5. The summed E-state index contributed by atoms with van der Waals surface area (Å²) in [6, 6.07) is 21.2. The molecule has 5 aromatic rings. The zero-order valence-electron chi connectivity index (χ0n) is 19.2. The Morgan fingerprint density at radius 2 is 1.75 bits per heavy atom. The van der Waals surface area contributed by atoms with Crippen LogP contribution in [-0.4, -0.2) is 28.4 Å². The largest absolute Gasteiger partial charge is 0.481 e. The molecule has 1 amide bonds. The van der Waals surface area contributed by atoms with Crippen LogP contribution in [-0.2, 0) is 11.3 Å². The van der Waals surface area contributed by atoms with Gasteiger partial charge in [-0.3, -0.25) is 14.4 Å². The molecule has 0 atom stereocenters. The number of fused-ring (bicyclic) bond motifs is 2. The predicted molar refractivity (Wildman–Crippen MR) is 140 cm³/mol. The number of carbonyl (C=O) groups excluding carboxylic acids is 2. The molecule has 1 N–H and O–H groups in total. The molecule has 0 spiro atoms. The average molecular weight is 498 g/mol. The molecule has 0 saturated heterocycles. The Bertz CT molecular complexity index is 1690. The summed E-state index contributed by atoms with van der Waals surface area (Å²) < 4.78 is 6.77. The molecular weight excluding hydrogens is 478 g/mol. The standard InChI is InChI=1S/C28H20ClN3O4/c1-36-26-13-24-22(14-30-26)28(35)23(27(34)19-7-6-17-4-2-3-5-18(17)12-19)15-32(24)16-25(33)31-21-10-8-20(29)9-11-21/h2-15H,16H2,1H3,(H,31,33). The lowest BCUT2D eigenvalue weighted by Gasteiger charge is -2.14. The first-order valence-corrected chi connectivity index (χ1v) is 11.5. The molecule has 0 radical (unpaired) electrons. The number of aromatic nitrogens is 2. The van der Waals surface area contributed by atoms with Crippen molar-refractivity contribution in [3.63, 3.8) is 0 Å². The fourth-order valence-corrected chi connectivity index (χ4v) is 4.17. The van der Waals surface area contributed by atoms with Crippen LogP contribution in [0.25, 0.3) is 21.7 Å². The minimum Gasteiger partial charge on any atom is -0.481 e. The molecular formula is C28H20ClN3O4. The van der Waals surface area contributed by atoms with Crippen molar-refractivity contribution in [2.75, 3.05) is 12.4 Å². The van der Waals surface area contributed by atoms with Gasteiger partial charge in [-0.2, -0.15) is 0 Å². The van der Waals surface area contributed by atoms with E-state index in [2.05, 4.69) is 10.3 Å². The van der Waals surface area contributed by atoms with Crippen LogP contribution in [0.4, 0.5) is 5.69 Å². The Labute approximate surface area is 210 Å². The van der Waals surface area contributed by atoms with Gasteiger partial charge in [0.25, 0.3) is 0 Å². The van der Waals surface area contributed by atoms with Crippen molar-refractivity contribution in [3.8, 4) is 5.88 Å². The quantitative estimate of drug-likeness (QED) is 0.330. The van der Waals surface area contributed by atoms with E-state index in [0.29, 0.717) is 21.8 Å².